The van der Waals surface area contributed by atoms with Crippen LogP contribution in [0.1, 0.15) is 0 Å². The minimum absolute atomic E-state index is 0.134. The molecular weight excluding hydrogens is 249 g/mol. The van der Waals surface area contributed by atoms with Crippen LogP contribution >= 0.6 is 0 Å². The normalized spacial score (nSPS) is 15.3. The predicted octanol–water partition coefficient (Wildman–Crippen LogP) is 1.59. The molecule has 0 bridgehead atoms. The molecule has 98 valence electrons. The van der Waals surface area contributed by atoms with E-state index in [1.165, 1.54) is 6.07 Å². The lowest BCUT2D eigenvalue weighted by Gasteiger charge is -2.25. The molecule has 1 saturated heterocycles. The quantitative estimate of drug-likeness (QED) is 0.864. The van der Waals surface area contributed by atoms with Crippen molar-refractivity contribution in [2.24, 2.45) is 5.92 Å². The first-order chi connectivity index (χ1) is 8.56. The van der Waals surface area contributed by atoms with Gasteiger partial charge >= 0.3 is 6.61 Å². The average molecular weight is 260 g/mol. The molecule has 1 aliphatic heterocycles. The van der Waals surface area contributed by atoms with Crippen molar-refractivity contribution in [1.29, 1.82) is 0 Å². The first-order valence-corrected chi connectivity index (χ1v) is 5.32. The predicted molar refractivity (Wildman–Crippen MR) is 58.0 cm³/mol. The van der Waals surface area contributed by atoms with Crippen LogP contribution in [0.2, 0.25) is 0 Å². The fourth-order valence-electron chi connectivity index (χ4n) is 1.49. The Bertz CT molecular complexity index is 450. The van der Waals surface area contributed by atoms with Crippen molar-refractivity contribution in [3.63, 3.8) is 0 Å². The van der Waals surface area contributed by atoms with Gasteiger partial charge in [0.15, 0.2) is 11.6 Å². The Labute approximate surface area is 101 Å². The lowest BCUT2D eigenvalue weighted by atomic mass is 10.0. The summed E-state index contributed by atoms with van der Waals surface area (Å²) in [5, 5.41) is 5.43. The summed E-state index contributed by atoms with van der Waals surface area (Å²) in [4.78, 5) is 11.5. The molecule has 1 heterocycles. The zero-order valence-corrected chi connectivity index (χ0v) is 9.25. The minimum atomic E-state index is -3.08. The maximum atomic E-state index is 13.3. The van der Waals surface area contributed by atoms with Crippen LogP contribution in [-0.2, 0) is 4.79 Å². The molecule has 0 radical (unpaired) electrons. The highest BCUT2D eigenvalue weighted by Gasteiger charge is 2.25. The van der Waals surface area contributed by atoms with Gasteiger partial charge < -0.3 is 15.4 Å². The summed E-state index contributed by atoms with van der Waals surface area (Å²) in [5.41, 5.74) is 0.214. The van der Waals surface area contributed by atoms with Crippen molar-refractivity contribution in [2.45, 2.75) is 6.61 Å². The highest BCUT2D eigenvalue weighted by molar-refractivity contribution is 5.93. The summed E-state index contributed by atoms with van der Waals surface area (Å²) in [6.07, 6.45) is 0. The van der Waals surface area contributed by atoms with Crippen LogP contribution in [0, 0.1) is 11.7 Å². The molecule has 2 N–H and O–H groups in total. The molecule has 1 aromatic rings. The number of alkyl halides is 2. The number of carbonyl (C=O) groups excluding carboxylic acids is 1. The highest BCUT2D eigenvalue weighted by atomic mass is 19.3. The van der Waals surface area contributed by atoms with Crippen molar-refractivity contribution in [3.8, 4) is 5.75 Å². The number of carbonyl (C=O) groups is 1. The maximum Gasteiger partial charge on any atom is 0.387 e. The SMILES string of the molecule is O=C(Nc1ccc(OC(F)F)c(F)c1)C1CNC1. The third-order valence-electron chi connectivity index (χ3n) is 2.57. The Balaban J connectivity index is 2.01. The Morgan fingerprint density at radius 2 is 2.17 bits per heavy atom. The summed E-state index contributed by atoms with van der Waals surface area (Å²) in [7, 11) is 0. The molecule has 0 unspecified atom stereocenters. The van der Waals surface area contributed by atoms with E-state index in [1.807, 2.05) is 0 Å². The molecule has 0 saturated carbocycles. The topological polar surface area (TPSA) is 50.4 Å². The first kappa shape index (κ1) is 12.7. The Kier molecular flexibility index (Phi) is 3.71. The molecular formula is C11H11F3N2O2. The van der Waals surface area contributed by atoms with Crippen LogP contribution in [0.4, 0.5) is 18.9 Å². The summed E-state index contributed by atoms with van der Waals surface area (Å²) >= 11 is 0. The number of benzene rings is 1. The molecule has 1 amide bonds. The number of hydrogen-bond acceptors (Lipinski definition) is 3. The van der Waals surface area contributed by atoms with Gasteiger partial charge in [-0.15, -0.1) is 0 Å². The summed E-state index contributed by atoms with van der Waals surface area (Å²) < 4.78 is 41.1. The van der Waals surface area contributed by atoms with E-state index in [0.29, 0.717) is 13.1 Å². The maximum absolute atomic E-state index is 13.3. The second-order valence-electron chi connectivity index (χ2n) is 3.87. The molecule has 1 aromatic carbocycles. The van der Waals surface area contributed by atoms with Gasteiger partial charge in [-0.2, -0.15) is 8.78 Å². The van der Waals surface area contributed by atoms with E-state index in [1.54, 1.807) is 0 Å². The summed E-state index contributed by atoms with van der Waals surface area (Å²) in [6, 6.07) is 3.31. The number of amides is 1. The van der Waals surface area contributed by atoms with Gasteiger partial charge in [0.25, 0.3) is 0 Å². The molecule has 4 nitrogen and oxygen atoms in total. The van der Waals surface area contributed by atoms with Crippen molar-refractivity contribution < 1.29 is 22.7 Å². The highest BCUT2D eigenvalue weighted by Crippen LogP contribution is 2.23. The average Bonchev–Trinajstić information content (AvgIpc) is 2.18. The van der Waals surface area contributed by atoms with Crippen molar-refractivity contribution in [1.82, 2.24) is 5.32 Å². The van der Waals surface area contributed by atoms with Crippen LogP contribution in [0.3, 0.4) is 0 Å². The number of nitrogens with one attached hydrogen (secondary N) is 2. The van der Waals surface area contributed by atoms with Gasteiger partial charge in [-0.25, -0.2) is 4.39 Å². The zero-order valence-electron chi connectivity index (χ0n) is 9.25. The van der Waals surface area contributed by atoms with E-state index in [0.717, 1.165) is 12.1 Å². The second-order valence-corrected chi connectivity index (χ2v) is 3.87. The molecule has 1 aliphatic rings. The van der Waals surface area contributed by atoms with Gasteiger partial charge in [-0.05, 0) is 12.1 Å². The van der Waals surface area contributed by atoms with Crippen LogP contribution in [-0.4, -0.2) is 25.6 Å². The molecule has 0 aliphatic carbocycles. The van der Waals surface area contributed by atoms with Crippen LogP contribution in [0.15, 0.2) is 18.2 Å². The Morgan fingerprint density at radius 1 is 1.44 bits per heavy atom. The third kappa shape index (κ3) is 2.92. The van der Waals surface area contributed by atoms with Gasteiger partial charge in [-0.1, -0.05) is 0 Å². The fraction of sp³-hybridized carbons (Fsp3) is 0.364. The number of ether oxygens (including phenoxy) is 1. The Hall–Kier alpha value is -1.76. The van der Waals surface area contributed by atoms with E-state index < -0.39 is 18.2 Å². The summed E-state index contributed by atoms with van der Waals surface area (Å²) in [5.74, 6) is -1.85. The van der Waals surface area contributed by atoms with E-state index in [9.17, 15) is 18.0 Å². The number of anilines is 1. The van der Waals surface area contributed by atoms with Gasteiger partial charge in [0, 0.05) is 24.8 Å². The van der Waals surface area contributed by atoms with Crippen molar-refractivity contribution >= 4 is 11.6 Å². The van der Waals surface area contributed by atoms with E-state index in [4.69, 9.17) is 0 Å². The van der Waals surface area contributed by atoms with Crippen LogP contribution < -0.4 is 15.4 Å². The molecule has 0 aromatic heterocycles. The molecule has 1 fully saturated rings. The fourth-order valence-corrected chi connectivity index (χ4v) is 1.49. The van der Waals surface area contributed by atoms with E-state index in [2.05, 4.69) is 15.4 Å². The molecule has 2 rings (SSSR count). The van der Waals surface area contributed by atoms with Gasteiger partial charge in [0.2, 0.25) is 5.91 Å². The minimum Gasteiger partial charge on any atom is -0.432 e. The number of hydrogen-bond donors (Lipinski definition) is 2. The lowest BCUT2D eigenvalue weighted by Crippen LogP contribution is -2.48. The second kappa shape index (κ2) is 5.26. The van der Waals surface area contributed by atoms with Gasteiger partial charge in [0.05, 0.1) is 5.92 Å². The van der Waals surface area contributed by atoms with Crippen molar-refractivity contribution in [3.05, 3.63) is 24.0 Å². The van der Waals surface area contributed by atoms with Gasteiger partial charge in [-0.3, -0.25) is 4.79 Å². The van der Waals surface area contributed by atoms with Crippen molar-refractivity contribution in [2.75, 3.05) is 18.4 Å². The molecule has 18 heavy (non-hydrogen) atoms. The number of rotatable bonds is 4. The van der Waals surface area contributed by atoms with Gasteiger partial charge in [0.1, 0.15) is 0 Å². The smallest absolute Gasteiger partial charge is 0.387 e. The zero-order chi connectivity index (χ0) is 13.1. The van der Waals surface area contributed by atoms with Crippen LogP contribution in [0.5, 0.6) is 5.75 Å². The lowest BCUT2D eigenvalue weighted by molar-refractivity contribution is -0.121. The first-order valence-electron chi connectivity index (χ1n) is 5.32. The molecule has 7 heteroatoms. The van der Waals surface area contributed by atoms with E-state index in [-0.39, 0.29) is 17.5 Å². The van der Waals surface area contributed by atoms with Crippen LogP contribution in [0.25, 0.3) is 0 Å². The largest absolute Gasteiger partial charge is 0.432 e. The Morgan fingerprint density at radius 3 is 2.67 bits per heavy atom. The summed E-state index contributed by atoms with van der Waals surface area (Å²) in [6.45, 7) is -1.91. The monoisotopic (exact) mass is 260 g/mol. The standard InChI is InChI=1S/C11H11F3N2O2/c12-8-3-7(1-2-9(8)18-11(13)14)16-10(17)6-4-15-5-6/h1-3,6,11,15H,4-5H2,(H,16,17). The third-order valence-corrected chi connectivity index (χ3v) is 2.57. The number of halogens is 3. The van der Waals surface area contributed by atoms with E-state index >= 15 is 0 Å². The molecule has 0 atom stereocenters. The molecule has 0 spiro atoms.